The van der Waals surface area contributed by atoms with Gasteiger partial charge in [-0.05, 0) is 51.4 Å². The molecule has 2 aliphatic heterocycles. The summed E-state index contributed by atoms with van der Waals surface area (Å²) in [7, 11) is 0. The third-order valence-corrected chi connectivity index (χ3v) is 9.18. The molecule has 8 bridgehead atoms. The van der Waals surface area contributed by atoms with Gasteiger partial charge in [-0.15, -0.1) is 0 Å². The number of hydrogen-bond acceptors (Lipinski definition) is 2. The quantitative estimate of drug-likeness (QED) is 0.633. The molecule has 2 heterocycles. The van der Waals surface area contributed by atoms with Crippen molar-refractivity contribution in [1.82, 2.24) is 0 Å². The standard InChI is InChI=1S/C20H24O2/c1-13-2-18-6-15(3-17(1,18)9-21-10-18)16-7-19-4-14(13)5-20(19,8-16)12-22-11-19/h1-12H2. The number of rotatable bonds is 0. The van der Waals surface area contributed by atoms with Crippen LogP contribution in [0.25, 0.3) is 0 Å². The third-order valence-electron chi connectivity index (χ3n) is 9.18. The van der Waals surface area contributed by atoms with Crippen LogP contribution in [0, 0.1) is 21.7 Å². The van der Waals surface area contributed by atoms with E-state index >= 15 is 0 Å². The van der Waals surface area contributed by atoms with E-state index in [9.17, 15) is 0 Å². The Bertz CT molecular complexity index is 546. The van der Waals surface area contributed by atoms with Crippen LogP contribution in [0.4, 0.5) is 0 Å². The average molecular weight is 296 g/mol. The summed E-state index contributed by atoms with van der Waals surface area (Å²) in [6, 6.07) is 0. The van der Waals surface area contributed by atoms with Crippen molar-refractivity contribution < 1.29 is 9.47 Å². The lowest BCUT2D eigenvalue weighted by Crippen LogP contribution is -2.30. The molecule has 0 aromatic heterocycles. The molecule has 0 atom stereocenters. The first-order chi connectivity index (χ1) is 10.7. The van der Waals surface area contributed by atoms with Gasteiger partial charge in [-0.25, -0.2) is 0 Å². The van der Waals surface area contributed by atoms with Crippen molar-refractivity contribution in [2.24, 2.45) is 21.7 Å². The van der Waals surface area contributed by atoms with Gasteiger partial charge in [0.15, 0.2) is 0 Å². The normalized spacial score (nSPS) is 56.7. The van der Waals surface area contributed by atoms with Crippen molar-refractivity contribution in [2.45, 2.75) is 51.4 Å². The van der Waals surface area contributed by atoms with Crippen molar-refractivity contribution in [3.05, 3.63) is 22.3 Å². The maximum Gasteiger partial charge on any atom is 0.0535 e. The minimum absolute atomic E-state index is 0.499. The Morgan fingerprint density at radius 3 is 0.864 bits per heavy atom. The van der Waals surface area contributed by atoms with E-state index in [2.05, 4.69) is 0 Å². The van der Waals surface area contributed by atoms with Gasteiger partial charge in [0.25, 0.3) is 0 Å². The molecule has 22 heavy (non-hydrogen) atoms. The second-order valence-electron chi connectivity index (χ2n) is 9.94. The zero-order valence-electron chi connectivity index (χ0n) is 13.3. The van der Waals surface area contributed by atoms with Crippen molar-refractivity contribution in [3.63, 3.8) is 0 Å². The highest BCUT2D eigenvalue weighted by molar-refractivity contribution is 5.45. The van der Waals surface area contributed by atoms with Gasteiger partial charge in [0.1, 0.15) is 0 Å². The van der Waals surface area contributed by atoms with Gasteiger partial charge in [0, 0.05) is 21.7 Å². The van der Waals surface area contributed by atoms with Gasteiger partial charge in [0.2, 0.25) is 0 Å². The second kappa shape index (κ2) is 3.15. The zero-order valence-corrected chi connectivity index (χ0v) is 13.3. The Labute approximate surface area is 131 Å². The van der Waals surface area contributed by atoms with Crippen LogP contribution in [0.2, 0.25) is 0 Å². The van der Waals surface area contributed by atoms with Crippen molar-refractivity contribution in [3.8, 4) is 0 Å². The molecular formula is C20H24O2. The molecule has 0 unspecified atom stereocenters. The smallest absolute Gasteiger partial charge is 0.0535 e. The third kappa shape index (κ3) is 0.991. The fourth-order valence-electron chi connectivity index (χ4n) is 8.17. The first kappa shape index (κ1) is 11.9. The fraction of sp³-hybridized carbons (Fsp3) is 0.800. The molecule has 116 valence electrons. The van der Waals surface area contributed by atoms with Gasteiger partial charge in [-0.2, -0.15) is 0 Å². The Hall–Kier alpha value is -0.600. The maximum atomic E-state index is 6.03. The molecule has 0 amide bonds. The summed E-state index contributed by atoms with van der Waals surface area (Å²) in [5, 5.41) is 0. The van der Waals surface area contributed by atoms with Crippen LogP contribution in [-0.4, -0.2) is 26.4 Å². The van der Waals surface area contributed by atoms with Gasteiger partial charge in [-0.3, -0.25) is 0 Å². The fourth-order valence-corrected chi connectivity index (χ4v) is 8.17. The van der Waals surface area contributed by atoms with Crippen molar-refractivity contribution in [1.29, 1.82) is 0 Å². The summed E-state index contributed by atoms with van der Waals surface area (Å²) in [6.45, 7) is 4.17. The monoisotopic (exact) mass is 296 g/mol. The SMILES string of the molecule is C1OCC23CC4=C5CC67COCC6(C5)CC(=C(CC12C4)C3)C7. The molecular weight excluding hydrogens is 272 g/mol. The Morgan fingerprint density at radius 1 is 0.409 bits per heavy atom. The van der Waals surface area contributed by atoms with Gasteiger partial charge in [-0.1, -0.05) is 22.3 Å². The lowest BCUT2D eigenvalue weighted by molar-refractivity contribution is 0.143. The molecule has 0 aromatic carbocycles. The van der Waals surface area contributed by atoms with E-state index in [1.54, 1.807) is 0 Å². The molecule has 6 fully saturated rings. The van der Waals surface area contributed by atoms with Gasteiger partial charge in [0.05, 0.1) is 26.4 Å². The van der Waals surface area contributed by atoms with Gasteiger partial charge < -0.3 is 9.47 Å². The molecule has 8 aliphatic carbocycles. The summed E-state index contributed by atoms with van der Waals surface area (Å²) in [5.74, 6) is 0. The largest absolute Gasteiger partial charge is 0.380 e. The van der Waals surface area contributed by atoms with Gasteiger partial charge >= 0.3 is 0 Å². The minimum atomic E-state index is 0.499. The average Bonchev–Trinajstić information content (AvgIpc) is 3.10. The summed E-state index contributed by atoms with van der Waals surface area (Å²) in [5.41, 5.74) is 9.50. The molecule has 4 spiro atoms. The lowest BCUT2D eigenvalue weighted by Gasteiger charge is -2.29. The highest BCUT2D eigenvalue weighted by atomic mass is 16.5. The minimum Gasteiger partial charge on any atom is -0.380 e. The molecule has 2 nitrogen and oxygen atoms in total. The van der Waals surface area contributed by atoms with Crippen LogP contribution in [0.15, 0.2) is 22.3 Å². The van der Waals surface area contributed by atoms with E-state index < -0.39 is 0 Å². The number of hydrogen-bond donors (Lipinski definition) is 0. The summed E-state index contributed by atoms with van der Waals surface area (Å²) in [6.07, 6.45) is 10.9. The first-order valence-corrected chi connectivity index (χ1v) is 9.23. The van der Waals surface area contributed by atoms with E-state index in [0.29, 0.717) is 21.7 Å². The molecule has 0 aromatic rings. The van der Waals surface area contributed by atoms with Crippen LogP contribution < -0.4 is 0 Å². The second-order valence-corrected chi connectivity index (χ2v) is 9.94. The van der Waals surface area contributed by atoms with Crippen LogP contribution >= 0.6 is 0 Å². The van der Waals surface area contributed by atoms with E-state index in [0.717, 1.165) is 26.4 Å². The van der Waals surface area contributed by atoms with E-state index in [1.807, 2.05) is 22.3 Å². The topological polar surface area (TPSA) is 18.5 Å². The Kier molecular flexibility index (Phi) is 1.70. The van der Waals surface area contributed by atoms with Crippen LogP contribution in [0.5, 0.6) is 0 Å². The van der Waals surface area contributed by atoms with E-state index in [-0.39, 0.29) is 0 Å². The van der Waals surface area contributed by atoms with E-state index in [4.69, 9.17) is 9.47 Å². The molecule has 0 N–H and O–H groups in total. The number of ether oxygens (including phenoxy) is 2. The predicted octanol–water partition coefficient (Wildman–Crippen LogP) is 3.77. The lowest BCUT2D eigenvalue weighted by atomic mass is 9.71. The highest BCUT2D eigenvalue weighted by Gasteiger charge is 2.69. The molecule has 10 aliphatic rings. The number of allylic oxidation sites excluding steroid dienone is 4. The van der Waals surface area contributed by atoms with E-state index in [1.165, 1.54) is 51.4 Å². The molecule has 4 saturated carbocycles. The summed E-state index contributed by atoms with van der Waals surface area (Å²) in [4.78, 5) is 0. The van der Waals surface area contributed by atoms with Crippen molar-refractivity contribution in [2.75, 3.05) is 26.4 Å². The van der Waals surface area contributed by atoms with Crippen LogP contribution in [0.3, 0.4) is 0 Å². The highest BCUT2D eigenvalue weighted by Crippen LogP contribution is 2.76. The predicted molar refractivity (Wildman–Crippen MR) is 82.4 cm³/mol. The first-order valence-electron chi connectivity index (χ1n) is 9.23. The summed E-state index contributed by atoms with van der Waals surface area (Å²) >= 11 is 0. The Morgan fingerprint density at radius 2 is 0.636 bits per heavy atom. The van der Waals surface area contributed by atoms with Crippen molar-refractivity contribution >= 4 is 0 Å². The molecule has 2 saturated heterocycles. The maximum absolute atomic E-state index is 6.03. The Balaban J connectivity index is 1.52. The zero-order chi connectivity index (χ0) is 14.2. The molecule has 2 heteroatoms. The summed E-state index contributed by atoms with van der Waals surface area (Å²) < 4.78 is 12.1. The molecule has 0 radical (unpaired) electrons. The molecule has 10 rings (SSSR count). The van der Waals surface area contributed by atoms with Crippen LogP contribution in [-0.2, 0) is 9.47 Å². The van der Waals surface area contributed by atoms with Crippen LogP contribution in [0.1, 0.15) is 51.4 Å².